The number of hydrogen-bond donors (Lipinski definition) is 4. The largest absolute Gasteiger partial charge is 0.475 e. The van der Waals surface area contributed by atoms with Gasteiger partial charge in [0.1, 0.15) is 36.2 Å². The first-order valence-electron chi connectivity index (χ1n) is 26.5. The molecule has 6 aromatic rings. The topological polar surface area (TPSA) is 227 Å². The molecule has 10 rings (SSSR count). The van der Waals surface area contributed by atoms with Crippen molar-refractivity contribution in [2.75, 3.05) is 59.6 Å². The number of likely N-dealkylation sites (N-methyl/N-ethyl adjacent to an activating group) is 2. The number of nitrogens with one attached hydrogen (secondary N) is 4. The molecule has 4 aromatic heterocycles. The highest BCUT2D eigenvalue weighted by atomic mass is 35.5. The predicted octanol–water partition coefficient (Wildman–Crippen LogP) is 9.14. The normalized spacial score (nSPS) is 16.1. The fourth-order valence-corrected chi connectivity index (χ4v) is 11.9. The minimum absolute atomic E-state index is 0. The second kappa shape index (κ2) is 22.7. The Morgan fingerprint density at radius 3 is 1.25 bits per heavy atom. The molecule has 2 aromatic carbocycles. The quantitative estimate of drug-likeness (QED) is 0.0589. The number of halogens is 3. The molecule has 2 saturated carbocycles. The molecule has 2 aliphatic heterocycles. The first kappa shape index (κ1) is 58.8. The number of benzene rings is 2. The minimum Gasteiger partial charge on any atom is -0.475 e. The van der Waals surface area contributed by atoms with Crippen molar-refractivity contribution in [2.24, 2.45) is 0 Å². The summed E-state index contributed by atoms with van der Waals surface area (Å²) in [5.74, 6) is -0.737. The van der Waals surface area contributed by atoms with Crippen molar-refractivity contribution < 1.29 is 44.7 Å². The molecule has 18 nitrogen and oxygen atoms in total. The third-order valence-electron chi connectivity index (χ3n) is 15.3. The van der Waals surface area contributed by atoms with Crippen LogP contribution in [0.15, 0.2) is 61.2 Å². The van der Waals surface area contributed by atoms with Crippen LogP contribution in [-0.2, 0) is 40.5 Å². The molecule has 2 spiro atoms. The average molecular weight is 1150 g/mol. The van der Waals surface area contributed by atoms with Gasteiger partial charge >= 0.3 is 0 Å². The van der Waals surface area contributed by atoms with Crippen LogP contribution in [0.2, 0.25) is 0 Å². The summed E-state index contributed by atoms with van der Waals surface area (Å²) in [7, 11) is -3.95. The average Bonchev–Trinajstić information content (AvgIpc) is 3.99. The molecule has 4 aliphatic rings. The Hall–Kier alpha value is -6.33. The lowest BCUT2D eigenvalue weighted by atomic mass is 9.64. The Morgan fingerprint density at radius 1 is 0.570 bits per heavy atom. The van der Waals surface area contributed by atoms with Crippen molar-refractivity contribution in [3.8, 4) is 34.0 Å². The number of ether oxygens (including phenoxy) is 2. The predicted molar refractivity (Wildman–Crippen MR) is 308 cm³/mol. The molecule has 2 amide bonds. The molecule has 0 bridgehead atoms. The van der Waals surface area contributed by atoms with Crippen molar-refractivity contribution in [3.63, 3.8) is 0 Å². The van der Waals surface area contributed by atoms with Gasteiger partial charge in [0.15, 0.2) is 0 Å². The molecule has 2 aliphatic carbocycles. The van der Waals surface area contributed by atoms with Crippen molar-refractivity contribution in [3.05, 3.63) is 83.9 Å². The SMILES string of the molecule is CC(C)NCCOc1ncc(-c2cc3c4c(cnc3cc2F)N(C)C(=O)C42CCC2)cc1NS(=O)(=O)C(C)C.CC(C)NCCOc1ncc(-c2cc3c4c(cnc3cc2F)N(C)C(=O)C42CCC2)cc1NS(=O)(=O)C(C)C.Cl. The van der Waals surface area contributed by atoms with E-state index in [1.807, 2.05) is 27.7 Å². The van der Waals surface area contributed by atoms with Gasteiger partial charge in [-0.25, -0.2) is 35.6 Å². The summed E-state index contributed by atoms with van der Waals surface area (Å²) in [4.78, 5) is 47.3. The highest BCUT2D eigenvalue weighted by molar-refractivity contribution is 7.93. The lowest BCUT2D eigenvalue weighted by molar-refractivity contribution is -0.126. The lowest BCUT2D eigenvalue weighted by Gasteiger charge is -2.37. The van der Waals surface area contributed by atoms with Crippen LogP contribution in [0.1, 0.15) is 105 Å². The molecular weight excluding hydrogens is 1080 g/mol. The van der Waals surface area contributed by atoms with E-state index in [-0.39, 0.29) is 83.8 Å². The zero-order valence-electron chi connectivity index (χ0n) is 46.1. The van der Waals surface area contributed by atoms with Crippen LogP contribution in [0.4, 0.5) is 31.5 Å². The van der Waals surface area contributed by atoms with Gasteiger partial charge in [-0.3, -0.25) is 29.0 Å². The summed E-state index contributed by atoms with van der Waals surface area (Å²) in [6, 6.07) is 9.74. The van der Waals surface area contributed by atoms with Crippen molar-refractivity contribution >= 4 is 88.8 Å². The van der Waals surface area contributed by atoms with E-state index in [2.05, 4.69) is 40.0 Å². The maximum atomic E-state index is 15.5. The van der Waals surface area contributed by atoms with Gasteiger partial charge in [0.25, 0.3) is 0 Å². The highest BCUT2D eigenvalue weighted by Crippen LogP contribution is 2.57. The number of carbonyl (C=O) groups is 2. The van der Waals surface area contributed by atoms with Crippen LogP contribution in [0.25, 0.3) is 44.1 Å². The number of sulfonamides is 2. The molecule has 2 fully saturated rings. The maximum Gasteiger partial charge on any atom is 0.238 e. The monoisotopic (exact) mass is 1150 g/mol. The van der Waals surface area contributed by atoms with Gasteiger partial charge in [-0.15, -0.1) is 12.4 Å². The van der Waals surface area contributed by atoms with Crippen LogP contribution < -0.4 is 39.4 Å². The molecule has 0 unspecified atom stereocenters. The smallest absolute Gasteiger partial charge is 0.238 e. The molecule has 6 heterocycles. The van der Waals surface area contributed by atoms with E-state index in [4.69, 9.17) is 9.47 Å². The molecule has 4 N–H and O–H groups in total. The summed E-state index contributed by atoms with van der Waals surface area (Å²) in [6.07, 6.45) is 11.1. The molecule has 424 valence electrons. The minimum atomic E-state index is -3.73. The second-order valence-electron chi connectivity index (χ2n) is 21.8. The summed E-state index contributed by atoms with van der Waals surface area (Å²) in [5, 5.41) is 6.49. The Kier molecular flexibility index (Phi) is 16.9. The molecular formula is C56H69ClF2N10O8S2. The third-order valence-corrected chi connectivity index (χ3v) is 18.7. The lowest BCUT2D eigenvalue weighted by Crippen LogP contribution is -2.43. The van der Waals surface area contributed by atoms with E-state index in [1.165, 1.54) is 36.7 Å². The van der Waals surface area contributed by atoms with E-state index in [1.54, 1.807) is 76.1 Å². The summed E-state index contributed by atoms with van der Waals surface area (Å²) >= 11 is 0. The fraction of sp³-hybridized carbons (Fsp3) is 0.464. The fourth-order valence-electron chi connectivity index (χ4n) is 10.5. The van der Waals surface area contributed by atoms with Crippen molar-refractivity contribution in [1.29, 1.82) is 0 Å². The Bertz CT molecular complexity index is 3350. The Morgan fingerprint density at radius 2 is 0.937 bits per heavy atom. The summed E-state index contributed by atoms with van der Waals surface area (Å²) < 4.78 is 98.7. The highest BCUT2D eigenvalue weighted by Gasteiger charge is 2.55. The molecule has 23 heteroatoms. The van der Waals surface area contributed by atoms with E-state index in [0.29, 0.717) is 46.0 Å². The third kappa shape index (κ3) is 11.0. The second-order valence-corrected chi connectivity index (χ2v) is 26.3. The number of fused-ring (bicyclic) bond motifs is 8. The van der Waals surface area contributed by atoms with Crippen LogP contribution in [0, 0.1) is 11.6 Å². The van der Waals surface area contributed by atoms with Crippen molar-refractivity contribution in [2.45, 2.75) is 127 Å². The zero-order valence-corrected chi connectivity index (χ0v) is 48.5. The Labute approximate surface area is 466 Å². The number of carbonyl (C=O) groups excluding carboxylic acids is 2. The number of hydrogen-bond acceptors (Lipinski definition) is 14. The number of pyridine rings is 4. The van der Waals surface area contributed by atoms with Gasteiger partial charge in [-0.1, -0.05) is 40.5 Å². The van der Waals surface area contributed by atoms with Gasteiger partial charge in [0.2, 0.25) is 43.6 Å². The number of rotatable bonds is 18. The van der Waals surface area contributed by atoms with Gasteiger partial charge in [0, 0.05) is 108 Å². The molecule has 0 saturated heterocycles. The zero-order chi connectivity index (χ0) is 56.2. The standard InChI is InChI=1S/2C28H34FN5O4S.ClH/c2*1-16(2)30-9-10-38-26-23(33-39(36,37)17(3)4)11-18(14-32-26)19-12-20-22(13-21(19)29)31-15-24-25(20)28(7-6-8-28)27(35)34(24)5;/h2*11-17,30,33H,6-10H2,1-5H3;1H. The van der Waals surface area contributed by atoms with Gasteiger partial charge in [-0.05, 0) is 77.6 Å². The first-order chi connectivity index (χ1) is 36.9. The van der Waals surface area contributed by atoms with Gasteiger partial charge in [-0.2, -0.15) is 0 Å². The Balaban J connectivity index is 0.000000205. The number of nitrogens with zero attached hydrogens (tertiary/aromatic N) is 6. The van der Waals surface area contributed by atoms with Gasteiger partial charge < -0.3 is 29.9 Å². The molecule has 79 heavy (non-hydrogen) atoms. The number of aromatic nitrogens is 4. The summed E-state index contributed by atoms with van der Waals surface area (Å²) in [6.45, 7) is 16.0. The molecule has 0 radical (unpaired) electrons. The van der Waals surface area contributed by atoms with E-state index in [0.717, 1.165) is 61.0 Å². The number of anilines is 4. The van der Waals surface area contributed by atoms with E-state index < -0.39 is 53.0 Å². The summed E-state index contributed by atoms with van der Waals surface area (Å²) in [5.41, 5.74) is 4.49. The van der Waals surface area contributed by atoms with Crippen LogP contribution in [0.3, 0.4) is 0 Å². The van der Waals surface area contributed by atoms with Crippen LogP contribution in [-0.4, -0.2) is 112 Å². The van der Waals surface area contributed by atoms with Crippen LogP contribution >= 0.6 is 12.4 Å². The molecule has 0 atom stereocenters. The maximum absolute atomic E-state index is 15.5. The number of amides is 2. The van der Waals surface area contributed by atoms with E-state index >= 15 is 8.78 Å². The van der Waals surface area contributed by atoms with Gasteiger partial charge in [0.05, 0.1) is 56.1 Å². The van der Waals surface area contributed by atoms with Crippen molar-refractivity contribution in [1.82, 2.24) is 30.6 Å². The van der Waals surface area contributed by atoms with E-state index in [9.17, 15) is 26.4 Å². The van der Waals surface area contributed by atoms with Crippen LogP contribution in [0.5, 0.6) is 11.8 Å². The first-order valence-corrected chi connectivity index (χ1v) is 29.6.